The van der Waals surface area contributed by atoms with Crippen molar-refractivity contribution in [3.05, 3.63) is 124 Å². The van der Waals surface area contributed by atoms with E-state index in [2.05, 4.69) is 80.4 Å². The molecule has 5 aromatic rings. The van der Waals surface area contributed by atoms with Crippen LogP contribution in [0.25, 0.3) is 5.69 Å². The van der Waals surface area contributed by atoms with Gasteiger partial charge in [0.05, 0.1) is 40.9 Å². The molecule has 8 heteroatoms. The summed E-state index contributed by atoms with van der Waals surface area (Å²) in [5, 5.41) is 9.07. The molecule has 0 spiro atoms. The molecule has 0 fully saturated rings. The molecular formula is C36H33ClN6O. The van der Waals surface area contributed by atoms with Gasteiger partial charge in [-0.25, -0.2) is 14.7 Å². The highest BCUT2D eigenvalue weighted by Gasteiger charge is 2.41. The molecule has 0 unspecified atom stereocenters. The lowest BCUT2D eigenvalue weighted by atomic mass is 9.85. The summed E-state index contributed by atoms with van der Waals surface area (Å²) >= 11 is 6.51. The fourth-order valence-electron chi connectivity index (χ4n) is 5.91. The number of anilines is 2. The van der Waals surface area contributed by atoms with E-state index in [-0.39, 0.29) is 11.5 Å². The van der Waals surface area contributed by atoms with E-state index in [1.807, 2.05) is 59.3 Å². The van der Waals surface area contributed by atoms with E-state index in [0.29, 0.717) is 22.4 Å². The zero-order valence-corrected chi connectivity index (χ0v) is 26.1. The van der Waals surface area contributed by atoms with Gasteiger partial charge >= 0.3 is 0 Å². The van der Waals surface area contributed by atoms with E-state index in [1.54, 1.807) is 7.11 Å². The molecule has 1 aromatic heterocycles. The number of nitrogens with one attached hydrogen (secondary N) is 1. The first-order valence-electron chi connectivity index (χ1n) is 14.6. The van der Waals surface area contributed by atoms with Crippen molar-refractivity contribution in [1.82, 2.24) is 9.78 Å². The van der Waals surface area contributed by atoms with Crippen molar-refractivity contribution in [3.63, 3.8) is 0 Å². The van der Waals surface area contributed by atoms with Crippen molar-refractivity contribution >= 4 is 46.2 Å². The predicted molar refractivity (Wildman–Crippen MR) is 180 cm³/mol. The van der Waals surface area contributed by atoms with Crippen molar-refractivity contribution in [2.75, 3.05) is 17.3 Å². The Labute approximate surface area is 262 Å². The Kier molecular flexibility index (Phi) is 6.78. The molecule has 2 aliphatic rings. The molecule has 2 aliphatic heterocycles. The molecule has 7 nitrogen and oxygen atoms in total. The van der Waals surface area contributed by atoms with Crippen LogP contribution in [0.5, 0.6) is 5.75 Å². The Morgan fingerprint density at radius 1 is 0.864 bits per heavy atom. The molecule has 1 atom stereocenters. The van der Waals surface area contributed by atoms with Crippen molar-refractivity contribution in [3.8, 4) is 11.4 Å². The van der Waals surface area contributed by atoms with Gasteiger partial charge in [0, 0.05) is 11.3 Å². The second-order valence-corrected chi connectivity index (χ2v) is 12.5. The van der Waals surface area contributed by atoms with Crippen molar-refractivity contribution in [2.24, 2.45) is 9.98 Å². The predicted octanol–water partition coefficient (Wildman–Crippen LogP) is 8.94. The fourth-order valence-corrected chi connectivity index (χ4v) is 6.17. The van der Waals surface area contributed by atoms with Gasteiger partial charge in [-0.05, 0) is 65.9 Å². The highest BCUT2D eigenvalue weighted by atomic mass is 35.5. The number of aliphatic imine (C=N–C) groups is 2. The molecule has 0 bridgehead atoms. The van der Waals surface area contributed by atoms with Crippen LogP contribution in [-0.4, -0.2) is 28.6 Å². The van der Waals surface area contributed by atoms with E-state index in [1.165, 1.54) is 5.56 Å². The van der Waals surface area contributed by atoms with E-state index >= 15 is 0 Å². The molecule has 7 rings (SSSR count). The third-order valence-electron chi connectivity index (χ3n) is 8.15. The number of nitrogens with zero attached hydrogens (tertiary/aromatic N) is 5. The van der Waals surface area contributed by atoms with Gasteiger partial charge in [0.15, 0.2) is 17.5 Å². The molecule has 0 radical (unpaired) electrons. The summed E-state index contributed by atoms with van der Waals surface area (Å²) < 4.78 is 7.32. The summed E-state index contributed by atoms with van der Waals surface area (Å²) in [6, 6.07) is 32.7. The topological polar surface area (TPSA) is 67.0 Å². The zero-order chi connectivity index (χ0) is 30.6. The Balaban J connectivity index is 1.46. The third-order valence-corrected chi connectivity index (χ3v) is 8.44. The summed E-state index contributed by atoms with van der Waals surface area (Å²) in [5.74, 6) is 2.71. The number of hydrogen-bond donors (Lipinski definition) is 1. The molecule has 1 N–H and O–H groups in total. The Hall–Kier alpha value is -4.88. The minimum atomic E-state index is -0.197. The van der Waals surface area contributed by atoms with E-state index in [9.17, 15) is 0 Å². The average Bonchev–Trinajstić information content (AvgIpc) is 3.36. The van der Waals surface area contributed by atoms with Crippen LogP contribution in [0, 0.1) is 6.92 Å². The van der Waals surface area contributed by atoms with E-state index in [4.69, 9.17) is 31.4 Å². The van der Waals surface area contributed by atoms with Gasteiger partial charge < -0.3 is 15.0 Å². The molecule has 44 heavy (non-hydrogen) atoms. The van der Waals surface area contributed by atoms with Crippen LogP contribution in [0.3, 0.4) is 0 Å². The minimum Gasteiger partial charge on any atom is -0.495 e. The van der Waals surface area contributed by atoms with Crippen molar-refractivity contribution in [2.45, 2.75) is 39.2 Å². The lowest BCUT2D eigenvalue weighted by Crippen LogP contribution is -2.46. The fraction of sp³-hybridized carbons (Fsp3) is 0.194. The van der Waals surface area contributed by atoms with Crippen molar-refractivity contribution in [1.29, 1.82) is 0 Å². The molecular weight excluding hydrogens is 568 g/mol. The number of aromatic nitrogens is 2. The second-order valence-electron chi connectivity index (χ2n) is 12.1. The summed E-state index contributed by atoms with van der Waals surface area (Å²) in [5.41, 5.74) is 8.00. The number of para-hydroxylation sites is 3. The van der Waals surface area contributed by atoms with Crippen LogP contribution in [0.4, 0.5) is 22.9 Å². The smallest absolute Gasteiger partial charge is 0.179 e. The van der Waals surface area contributed by atoms with Gasteiger partial charge in [0.25, 0.3) is 0 Å². The van der Waals surface area contributed by atoms with Crippen LogP contribution in [0.2, 0.25) is 5.02 Å². The minimum absolute atomic E-state index is 0.0398. The maximum absolute atomic E-state index is 6.51. The lowest BCUT2D eigenvalue weighted by molar-refractivity contribution is 0.415. The standard InChI is InChI=1S/C36H33ClN6O/c1-22-31-32(23-15-17-24(18-16-23)36(2,3)4)42-29-14-10-9-13-28(29)39-33(38-25-19-20-30(44-5)27(37)21-25)35(42)40-34(31)43(41-22)26-11-7-6-8-12-26/h6-21,32H,1-5H3,(H,38,39)/t32-/m1/s1. The molecule has 220 valence electrons. The number of ether oxygens (including phenoxy) is 1. The van der Waals surface area contributed by atoms with Gasteiger partial charge in [-0.2, -0.15) is 5.10 Å². The summed E-state index contributed by atoms with van der Waals surface area (Å²) in [7, 11) is 1.61. The molecule has 0 saturated heterocycles. The van der Waals surface area contributed by atoms with Gasteiger partial charge in [-0.1, -0.05) is 87.0 Å². The van der Waals surface area contributed by atoms with Crippen molar-refractivity contribution < 1.29 is 4.74 Å². The number of hydrogen-bond acceptors (Lipinski definition) is 6. The molecule has 0 saturated carbocycles. The highest BCUT2D eigenvalue weighted by molar-refractivity contribution is 6.51. The van der Waals surface area contributed by atoms with Gasteiger partial charge in [-0.15, -0.1) is 0 Å². The summed E-state index contributed by atoms with van der Waals surface area (Å²) in [6.45, 7) is 8.78. The first-order chi connectivity index (χ1) is 21.2. The SMILES string of the molecule is COc1ccc(NC2=Nc3ccccc3N3C2=Nc2c(c(C)nn2-c2ccccc2)[C@H]3c2ccc(C(C)(C)C)cc2)cc1Cl. The van der Waals surface area contributed by atoms with E-state index in [0.717, 1.165) is 45.4 Å². The highest BCUT2D eigenvalue weighted by Crippen LogP contribution is 2.48. The largest absolute Gasteiger partial charge is 0.495 e. The third kappa shape index (κ3) is 4.74. The molecule has 3 heterocycles. The van der Waals surface area contributed by atoms with Gasteiger partial charge in [-0.3, -0.25) is 0 Å². The quantitative estimate of drug-likeness (QED) is 0.224. The van der Waals surface area contributed by atoms with Crippen LogP contribution in [-0.2, 0) is 5.41 Å². The normalized spacial score (nSPS) is 15.5. The van der Waals surface area contributed by atoms with Crippen LogP contribution in [0.1, 0.15) is 49.2 Å². The molecule has 0 aliphatic carbocycles. The Morgan fingerprint density at radius 2 is 1.59 bits per heavy atom. The van der Waals surface area contributed by atoms with Gasteiger partial charge in [0.1, 0.15) is 5.75 Å². The number of benzene rings is 4. The zero-order valence-electron chi connectivity index (χ0n) is 25.3. The van der Waals surface area contributed by atoms with E-state index < -0.39 is 0 Å². The number of amidine groups is 2. The number of rotatable bonds is 4. The Morgan fingerprint density at radius 3 is 2.30 bits per heavy atom. The average molecular weight is 601 g/mol. The van der Waals surface area contributed by atoms with Gasteiger partial charge in [0.2, 0.25) is 0 Å². The van der Waals surface area contributed by atoms with Crippen LogP contribution >= 0.6 is 11.6 Å². The second kappa shape index (κ2) is 10.7. The Bertz CT molecular complexity index is 1940. The summed E-state index contributed by atoms with van der Waals surface area (Å²) in [4.78, 5) is 12.7. The first kappa shape index (κ1) is 27.9. The van der Waals surface area contributed by atoms with Crippen LogP contribution in [0.15, 0.2) is 107 Å². The maximum Gasteiger partial charge on any atom is 0.179 e. The number of methoxy groups -OCH3 is 1. The maximum atomic E-state index is 6.51. The van der Waals surface area contributed by atoms with Crippen LogP contribution < -0.4 is 15.0 Å². The summed E-state index contributed by atoms with van der Waals surface area (Å²) in [6.07, 6.45) is 0. The molecule has 0 amide bonds. The lowest BCUT2D eigenvalue weighted by Gasteiger charge is -2.40. The number of fused-ring (bicyclic) bond motifs is 4. The number of aryl methyl sites for hydroxylation is 1. The number of halogens is 1. The molecule has 4 aromatic carbocycles. The monoisotopic (exact) mass is 600 g/mol. The first-order valence-corrected chi connectivity index (χ1v) is 15.0.